The Balaban J connectivity index is -0.00000000356. The molecule has 0 rings (SSSR count). The molecule has 0 heterocycles. The van der Waals surface area contributed by atoms with Crippen LogP contribution in [-0.4, -0.2) is 0 Å². The molecule has 150 valence electrons. The molecule has 0 bridgehead atoms. The van der Waals surface area contributed by atoms with E-state index in [1.165, 1.54) is 0 Å². The molecule has 0 N–H and O–H groups in total. The van der Waals surface area contributed by atoms with E-state index in [-0.39, 0.29) is 83.9 Å². The molecule has 29 heavy (non-hydrogen) atoms. The maximum atomic E-state index is 6.25. The number of rotatable bonds is 0. The summed E-state index contributed by atoms with van der Waals surface area (Å²) < 4.78 is 0. The molecule has 0 saturated heterocycles. The predicted octanol–water partition coefficient (Wildman–Crippen LogP) is 1.14. The van der Waals surface area contributed by atoms with E-state index in [1.807, 2.05) is 0 Å². The average molecular weight is 607 g/mol. The smallest absolute Gasteiger partial charge is 0.512 e. The van der Waals surface area contributed by atoms with E-state index in [4.69, 9.17) is 142 Å². The summed E-state index contributed by atoms with van der Waals surface area (Å²) in [6.45, 7) is 57.0. The molecule has 0 amide bonds. The molecule has 0 atom stereocenters. The van der Waals surface area contributed by atoms with Crippen LogP contribution in [0.5, 0.6) is 0 Å². The Morgan fingerprint density at radius 2 is 0.138 bits per heavy atom. The van der Waals surface area contributed by atoms with Crippen molar-refractivity contribution in [1.82, 2.24) is 0 Å². The van der Waals surface area contributed by atoms with Gasteiger partial charge in [-0.2, -0.15) is 0 Å². The Hall–Kier alpha value is -3.59. The molecule has 0 aromatic rings. The van der Waals surface area contributed by atoms with Gasteiger partial charge in [-0.15, -0.1) is 0 Å². The molecule has 0 spiro atoms. The van der Waals surface area contributed by atoms with Crippen LogP contribution in [-0.2, 0) is 83.9 Å². The molecule has 0 aliphatic rings. The fourth-order valence-corrected chi connectivity index (χ4v) is 0. The molecule has 0 radical (unpaired) electrons. The van der Waals surface area contributed by atoms with Gasteiger partial charge >= 0.3 is 83.9 Å². The van der Waals surface area contributed by atoms with Crippen molar-refractivity contribution in [2.24, 2.45) is 0 Å². The van der Waals surface area contributed by atoms with Crippen LogP contribution in [0.4, 0.5) is 0 Å². The summed E-state index contributed by atoms with van der Waals surface area (Å²) in [7, 11) is 0. The summed E-state index contributed by atoms with van der Waals surface area (Å²) >= 11 is 0. The summed E-state index contributed by atoms with van der Waals surface area (Å²) in [5.41, 5.74) is 0. The van der Waals surface area contributed by atoms with Crippen LogP contribution in [0.1, 0.15) is 0 Å². The van der Waals surface area contributed by atoms with Gasteiger partial charge in [0.05, 0.1) is 0 Å². The number of nitrogens with zero attached hydrogens (tertiary/aromatic N) is 12. The normalized spacial score (nSPS) is 0.828. The van der Waals surface area contributed by atoms with Gasteiger partial charge in [-0.25, -0.2) is 0 Å². The third kappa shape index (κ3) is 953. The van der Waals surface area contributed by atoms with Crippen molar-refractivity contribution < 1.29 is 83.9 Å². The Labute approximate surface area is 224 Å². The molecule has 0 unspecified atom stereocenters. The van der Waals surface area contributed by atoms with Crippen LogP contribution in [0.15, 0.2) is 0 Å². The van der Waals surface area contributed by atoms with Gasteiger partial charge in [-0.3, -0.25) is 0 Å². The monoisotopic (exact) mass is 607 g/mol. The summed E-state index contributed by atoms with van der Waals surface area (Å²) in [4.78, 5) is 0. The molecule has 0 aromatic heterocycles. The van der Waals surface area contributed by atoms with E-state index in [1.54, 1.807) is 0 Å². The van der Waals surface area contributed by atoms with E-state index in [0.29, 0.717) is 0 Å². The Bertz CT molecular complexity index is 229. The van der Waals surface area contributed by atoms with Crippen molar-refractivity contribution in [3.63, 3.8) is 0 Å². The SMILES string of the molecule is [C-]#N.[C-]#N.[C-]#N.[C-]#N.[C-]#N.[C-]#N.[C-]#N.[C-]#N.[C-]#N.[C-]#N.[C-]#N.[C-]#N.[Co+3].[Co+3].[Co+3].[Co+3].[Co+3]. The zero-order valence-corrected chi connectivity index (χ0v) is 18.2. The quantitative estimate of drug-likeness (QED) is 0.351. The van der Waals surface area contributed by atoms with Crippen LogP contribution in [0.2, 0.25) is 0 Å². The van der Waals surface area contributed by atoms with Crippen molar-refractivity contribution in [1.29, 1.82) is 63.1 Å². The zero-order chi connectivity index (χ0) is 24.0. The summed E-state index contributed by atoms with van der Waals surface area (Å²) in [6, 6.07) is 0. The van der Waals surface area contributed by atoms with Gasteiger partial charge in [0.15, 0.2) is 0 Å². The first-order valence-corrected chi connectivity index (χ1v) is 2.68. The van der Waals surface area contributed by atoms with Crippen molar-refractivity contribution >= 4 is 0 Å². The first-order valence-electron chi connectivity index (χ1n) is 2.68. The topological polar surface area (TPSA) is 285 Å². The summed E-state index contributed by atoms with van der Waals surface area (Å²) in [5.74, 6) is 0. The second kappa shape index (κ2) is 1040. The minimum absolute atomic E-state index is 0. The van der Waals surface area contributed by atoms with Gasteiger partial charge < -0.3 is 142 Å². The minimum Gasteiger partial charge on any atom is -0.512 e. The van der Waals surface area contributed by atoms with Gasteiger partial charge in [0.2, 0.25) is 0 Å². The Morgan fingerprint density at radius 3 is 0.138 bits per heavy atom. The standard InChI is InChI=1S/12CN.5Co/c12*1-2;;;;;/q12*-1;5*+3. The fraction of sp³-hybridized carbons (Fsp3) is 0. The van der Waals surface area contributed by atoms with E-state index in [0.717, 1.165) is 0 Å². The molecule has 12 nitrogen and oxygen atoms in total. The fourth-order valence-electron chi connectivity index (χ4n) is 0. The summed E-state index contributed by atoms with van der Waals surface area (Å²) in [5, 5.41) is 75.0. The largest absolute Gasteiger partial charge is 3.00 e. The van der Waals surface area contributed by atoms with Crippen LogP contribution >= 0.6 is 0 Å². The van der Waals surface area contributed by atoms with E-state index in [9.17, 15) is 0 Å². The molecule has 0 aromatic carbocycles. The molecular formula is C12Co5N12+3. The van der Waals surface area contributed by atoms with Crippen molar-refractivity contribution in [2.75, 3.05) is 0 Å². The average Bonchev–Trinajstić information content (AvgIpc) is 2.84. The van der Waals surface area contributed by atoms with Crippen LogP contribution in [0.25, 0.3) is 0 Å². The maximum absolute atomic E-state index is 6.25. The second-order valence-electron chi connectivity index (χ2n) is 0. The van der Waals surface area contributed by atoms with Gasteiger partial charge in [-0.05, 0) is 0 Å². The van der Waals surface area contributed by atoms with Crippen molar-refractivity contribution in [2.45, 2.75) is 0 Å². The van der Waals surface area contributed by atoms with Crippen molar-refractivity contribution in [3.05, 3.63) is 78.9 Å². The van der Waals surface area contributed by atoms with Crippen molar-refractivity contribution in [3.8, 4) is 0 Å². The number of hydrogen-bond acceptors (Lipinski definition) is 12. The third-order valence-corrected chi connectivity index (χ3v) is 0. The van der Waals surface area contributed by atoms with Crippen LogP contribution < -0.4 is 0 Å². The van der Waals surface area contributed by atoms with Gasteiger partial charge in [0.25, 0.3) is 0 Å². The van der Waals surface area contributed by atoms with E-state index >= 15 is 0 Å². The Morgan fingerprint density at radius 1 is 0.138 bits per heavy atom. The summed E-state index contributed by atoms with van der Waals surface area (Å²) in [6.07, 6.45) is 0. The molecule has 0 aliphatic heterocycles. The number of hydrogen-bond donors (Lipinski definition) is 0. The van der Waals surface area contributed by atoms with Gasteiger partial charge in [-0.1, -0.05) is 0 Å². The maximum Gasteiger partial charge on any atom is 3.00 e. The molecule has 0 fully saturated rings. The van der Waals surface area contributed by atoms with Crippen LogP contribution in [0.3, 0.4) is 0 Å². The van der Waals surface area contributed by atoms with Gasteiger partial charge in [0.1, 0.15) is 0 Å². The Kier molecular flexibility index (Phi) is 7670. The first-order chi connectivity index (χ1) is 12.0. The molecule has 17 heteroatoms. The van der Waals surface area contributed by atoms with Gasteiger partial charge in [0, 0.05) is 0 Å². The molecular weight excluding hydrogens is 607 g/mol. The van der Waals surface area contributed by atoms with E-state index in [2.05, 4.69) is 0 Å². The van der Waals surface area contributed by atoms with Crippen LogP contribution in [0, 0.1) is 142 Å². The second-order valence-corrected chi connectivity index (χ2v) is 0. The molecule has 0 aliphatic carbocycles. The third-order valence-electron chi connectivity index (χ3n) is 0. The molecule has 0 saturated carbocycles. The zero-order valence-electron chi connectivity index (χ0n) is 13.0. The van der Waals surface area contributed by atoms with E-state index < -0.39 is 0 Å². The predicted molar refractivity (Wildman–Crippen MR) is 59.6 cm³/mol. The first kappa shape index (κ1) is 214. The minimum atomic E-state index is 0.